The Balaban J connectivity index is 2.63. The zero-order valence-corrected chi connectivity index (χ0v) is 9.21. The third-order valence-electron chi connectivity index (χ3n) is 1.70. The maximum atomic E-state index is 10.5. The maximum absolute atomic E-state index is 10.5. The van der Waals surface area contributed by atoms with Gasteiger partial charge >= 0.3 is 80.3 Å². The fraction of sp³-hybridized carbons (Fsp3) is 0.222. The number of carbonyl (C=O) groups excluding carboxylic acids is 1. The number of carbonyl (C=O) groups is 1. The first kappa shape index (κ1) is 9.34. The summed E-state index contributed by atoms with van der Waals surface area (Å²) in [6.45, 7) is 0. The first-order valence-electron chi connectivity index (χ1n) is 3.82. The molecule has 0 aliphatic carbocycles. The molecule has 3 heteroatoms. The second-order valence-electron chi connectivity index (χ2n) is 2.67. The zero-order chi connectivity index (χ0) is 8.97. The number of benzene rings is 1. The van der Waals surface area contributed by atoms with Gasteiger partial charge in [-0.1, -0.05) is 0 Å². The molecule has 64 valence electrons. The van der Waals surface area contributed by atoms with Crippen LogP contribution in [0.4, 0.5) is 0 Å². The Kier molecular flexibility index (Phi) is 3.36. The van der Waals surface area contributed by atoms with Crippen LogP contribution in [0.25, 0.3) is 0 Å². The summed E-state index contributed by atoms with van der Waals surface area (Å²) >= 11 is 1.59. The van der Waals surface area contributed by atoms with E-state index in [4.69, 9.17) is 5.73 Å². The van der Waals surface area contributed by atoms with Crippen LogP contribution in [0.1, 0.15) is 12.0 Å². The predicted octanol–water partition coefficient (Wildman–Crippen LogP) is -0.637. The first-order valence-corrected chi connectivity index (χ1v) is 5.03. The summed E-state index contributed by atoms with van der Waals surface area (Å²) in [7, 11) is 0. The summed E-state index contributed by atoms with van der Waals surface area (Å²) in [5, 5.41) is 0. The van der Waals surface area contributed by atoms with Crippen molar-refractivity contribution in [3.05, 3.63) is 29.8 Å². The van der Waals surface area contributed by atoms with Crippen LogP contribution >= 0.6 is 0 Å². The average molecular weight is 225 g/mol. The Morgan fingerprint density at radius 3 is 2.67 bits per heavy atom. The van der Waals surface area contributed by atoms with Crippen LogP contribution in [-0.2, 0) is 11.2 Å². The molecule has 2 nitrogen and oxygen atoms in total. The topological polar surface area (TPSA) is 43.1 Å². The quantitative estimate of drug-likeness (QED) is 0.683. The van der Waals surface area contributed by atoms with E-state index < -0.39 is 0 Å². The average Bonchev–Trinajstić information content (AvgIpc) is 2.03. The summed E-state index contributed by atoms with van der Waals surface area (Å²) in [4.78, 5) is 10.5. The molecule has 0 saturated carbocycles. The molecule has 12 heavy (non-hydrogen) atoms. The van der Waals surface area contributed by atoms with E-state index in [1.54, 1.807) is 16.9 Å². The molecule has 1 rings (SSSR count). The van der Waals surface area contributed by atoms with E-state index in [0.29, 0.717) is 6.42 Å². The summed E-state index contributed by atoms with van der Waals surface area (Å²) in [5.74, 6) is -0.231. The van der Waals surface area contributed by atoms with Crippen molar-refractivity contribution in [1.29, 1.82) is 0 Å². The van der Waals surface area contributed by atoms with Crippen molar-refractivity contribution < 1.29 is 4.79 Å². The van der Waals surface area contributed by atoms with Crippen LogP contribution in [0.15, 0.2) is 24.3 Å². The van der Waals surface area contributed by atoms with Gasteiger partial charge in [0.1, 0.15) is 0 Å². The van der Waals surface area contributed by atoms with Gasteiger partial charge in [0.2, 0.25) is 0 Å². The fourth-order valence-electron chi connectivity index (χ4n) is 1.02. The molecule has 1 unspecified atom stereocenters. The molecule has 2 N–H and O–H groups in total. The van der Waals surface area contributed by atoms with Crippen molar-refractivity contribution in [3.8, 4) is 0 Å². The van der Waals surface area contributed by atoms with Crippen LogP contribution in [0.2, 0.25) is 0 Å². The number of hydrogen-bond donors (Lipinski definition) is 1. The second kappa shape index (κ2) is 4.32. The zero-order valence-electron chi connectivity index (χ0n) is 6.79. The van der Waals surface area contributed by atoms with E-state index in [0.717, 1.165) is 6.42 Å². The standard InChI is InChI=1S/C9H12AsNO/c10-8-4-2-1-3-7(8)5-6-9(11)12/h1-4H,5-6,10H2,(H2,11,12). The van der Waals surface area contributed by atoms with E-state index in [2.05, 4.69) is 6.07 Å². The minimum atomic E-state index is -0.231. The number of amides is 1. The van der Waals surface area contributed by atoms with Crippen LogP contribution in [0, 0.1) is 0 Å². The molecule has 1 aromatic carbocycles. The summed E-state index contributed by atoms with van der Waals surface area (Å²) in [5.41, 5.74) is 6.29. The van der Waals surface area contributed by atoms with Crippen molar-refractivity contribution in [3.63, 3.8) is 0 Å². The monoisotopic (exact) mass is 225 g/mol. The van der Waals surface area contributed by atoms with Gasteiger partial charge in [-0.25, -0.2) is 0 Å². The second-order valence-corrected chi connectivity index (χ2v) is 3.97. The number of primary amides is 1. The number of hydrogen-bond acceptors (Lipinski definition) is 1. The third-order valence-corrected chi connectivity index (χ3v) is 2.88. The van der Waals surface area contributed by atoms with Gasteiger partial charge in [0.15, 0.2) is 0 Å². The van der Waals surface area contributed by atoms with Crippen molar-refractivity contribution in [2.75, 3.05) is 0 Å². The van der Waals surface area contributed by atoms with Crippen LogP contribution < -0.4 is 10.1 Å². The van der Waals surface area contributed by atoms with Gasteiger partial charge < -0.3 is 0 Å². The Hall–Kier alpha value is -0.752. The summed E-state index contributed by atoms with van der Waals surface area (Å²) in [6, 6.07) is 8.10. The minimum absolute atomic E-state index is 0.231. The Morgan fingerprint density at radius 1 is 1.42 bits per heavy atom. The number of nitrogens with two attached hydrogens (primary N) is 1. The van der Waals surface area contributed by atoms with E-state index in [9.17, 15) is 4.79 Å². The van der Waals surface area contributed by atoms with Gasteiger partial charge in [-0.05, 0) is 0 Å². The van der Waals surface area contributed by atoms with Crippen molar-refractivity contribution in [2.45, 2.75) is 12.8 Å². The van der Waals surface area contributed by atoms with Gasteiger partial charge in [-0.15, -0.1) is 0 Å². The van der Waals surface area contributed by atoms with Gasteiger partial charge in [-0.3, -0.25) is 0 Å². The van der Waals surface area contributed by atoms with Gasteiger partial charge in [0.05, 0.1) is 0 Å². The van der Waals surface area contributed by atoms with Crippen molar-refractivity contribution in [1.82, 2.24) is 0 Å². The van der Waals surface area contributed by atoms with Crippen molar-refractivity contribution >= 4 is 27.1 Å². The molecule has 1 atom stereocenters. The molecule has 0 aromatic heterocycles. The Labute approximate surface area is 80.6 Å². The molecule has 0 radical (unpaired) electrons. The molecule has 0 aliphatic heterocycles. The molecule has 0 heterocycles. The molecule has 0 aliphatic rings. The molecule has 1 amide bonds. The number of rotatable bonds is 3. The molecule has 0 saturated heterocycles. The molecule has 0 spiro atoms. The van der Waals surface area contributed by atoms with E-state index >= 15 is 0 Å². The van der Waals surface area contributed by atoms with E-state index in [1.807, 2.05) is 18.2 Å². The fourth-order valence-corrected chi connectivity index (χ4v) is 1.76. The Bertz CT molecular complexity index is 286. The molecule has 0 fully saturated rings. The molecular formula is C9H12AsNO. The molecule has 0 bridgehead atoms. The van der Waals surface area contributed by atoms with Gasteiger partial charge in [0.25, 0.3) is 0 Å². The van der Waals surface area contributed by atoms with Crippen LogP contribution in [-0.4, -0.2) is 22.8 Å². The summed E-state index contributed by atoms with van der Waals surface area (Å²) in [6.07, 6.45) is 1.21. The Morgan fingerprint density at radius 2 is 2.08 bits per heavy atom. The third kappa shape index (κ3) is 2.71. The van der Waals surface area contributed by atoms with Crippen LogP contribution in [0.5, 0.6) is 0 Å². The first-order chi connectivity index (χ1) is 5.70. The normalized spacial score (nSPS) is 9.75. The van der Waals surface area contributed by atoms with Crippen LogP contribution in [0.3, 0.4) is 0 Å². The number of aryl methyl sites for hydroxylation is 1. The van der Waals surface area contributed by atoms with E-state index in [-0.39, 0.29) is 5.91 Å². The SMILES string of the molecule is NC(=O)CCc1ccccc1[AsH2]. The molecular weight excluding hydrogens is 213 g/mol. The van der Waals surface area contributed by atoms with Gasteiger partial charge in [0, 0.05) is 0 Å². The van der Waals surface area contributed by atoms with E-state index in [1.165, 1.54) is 9.91 Å². The predicted molar refractivity (Wildman–Crippen MR) is 52.1 cm³/mol. The van der Waals surface area contributed by atoms with Gasteiger partial charge in [-0.2, -0.15) is 0 Å². The van der Waals surface area contributed by atoms with Crippen molar-refractivity contribution in [2.24, 2.45) is 5.73 Å². The summed E-state index contributed by atoms with van der Waals surface area (Å²) < 4.78 is 1.28. The molecule has 1 aromatic rings.